The van der Waals surface area contributed by atoms with E-state index in [1.54, 1.807) is 0 Å². The molecule has 0 heterocycles. The number of nitrogens with one attached hydrogen (secondary N) is 1. The zero-order valence-electron chi connectivity index (χ0n) is 8.15. The average Bonchev–Trinajstić information content (AvgIpc) is 1.91. The summed E-state index contributed by atoms with van der Waals surface area (Å²) in [7, 11) is 0. The van der Waals surface area contributed by atoms with Crippen LogP contribution in [-0.2, 0) is 0 Å². The van der Waals surface area contributed by atoms with Crippen molar-refractivity contribution in [2.24, 2.45) is 5.73 Å². The van der Waals surface area contributed by atoms with Crippen LogP contribution in [0.1, 0.15) is 33.6 Å². The van der Waals surface area contributed by atoms with Gasteiger partial charge in [0.1, 0.15) is 0 Å². The van der Waals surface area contributed by atoms with Crippen LogP contribution in [0.5, 0.6) is 0 Å². The molecule has 1 aliphatic carbocycles. The maximum absolute atomic E-state index is 5.65. The highest BCUT2D eigenvalue weighted by molar-refractivity contribution is 5.21. The fraction of sp³-hybridized carbons (Fsp3) is 0.600. The van der Waals surface area contributed by atoms with Gasteiger partial charge in [-0.1, -0.05) is 0 Å². The van der Waals surface area contributed by atoms with Gasteiger partial charge in [0.25, 0.3) is 0 Å². The Balaban J connectivity index is 2.55. The minimum Gasteiger partial charge on any atom is -0.402 e. The first-order valence-corrected chi connectivity index (χ1v) is 4.41. The van der Waals surface area contributed by atoms with Crippen molar-refractivity contribution in [1.82, 2.24) is 5.32 Å². The Labute approximate surface area is 74.5 Å². The molecule has 0 fully saturated rings. The van der Waals surface area contributed by atoms with E-state index in [0.717, 1.165) is 18.5 Å². The molecule has 1 aliphatic rings. The highest BCUT2D eigenvalue weighted by Crippen LogP contribution is 2.15. The summed E-state index contributed by atoms with van der Waals surface area (Å²) in [5, 5.41) is 3.44. The van der Waals surface area contributed by atoms with Crippen molar-refractivity contribution < 1.29 is 0 Å². The lowest BCUT2D eigenvalue weighted by Crippen LogP contribution is -2.35. The molecule has 2 heteroatoms. The van der Waals surface area contributed by atoms with Gasteiger partial charge in [0, 0.05) is 16.9 Å². The molecule has 0 spiro atoms. The van der Waals surface area contributed by atoms with Crippen LogP contribution in [0.2, 0.25) is 0 Å². The van der Waals surface area contributed by atoms with E-state index < -0.39 is 0 Å². The summed E-state index contributed by atoms with van der Waals surface area (Å²) < 4.78 is 0. The first kappa shape index (κ1) is 9.17. The molecule has 0 saturated heterocycles. The third-order valence-electron chi connectivity index (χ3n) is 1.72. The molecule has 0 saturated carbocycles. The highest BCUT2D eigenvalue weighted by Gasteiger charge is 2.12. The van der Waals surface area contributed by atoms with Crippen molar-refractivity contribution in [2.45, 2.75) is 39.2 Å². The molecule has 0 aromatic heterocycles. The summed E-state index contributed by atoms with van der Waals surface area (Å²) in [6, 6.07) is 0. The normalized spacial score (nSPS) is 18.2. The zero-order chi connectivity index (χ0) is 9.19. The molecule has 68 valence electrons. The van der Waals surface area contributed by atoms with Crippen molar-refractivity contribution in [3.05, 3.63) is 23.5 Å². The summed E-state index contributed by atoms with van der Waals surface area (Å²) in [5.74, 6) is 0. The average molecular weight is 166 g/mol. The molecule has 0 atom stereocenters. The molecular weight excluding hydrogens is 148 g/mol. The van der Waals surface area contributed by atoms with E-state index in [0.29, 0.717) is 0 Å². The molecule has 2 nitrogen and oxygen atoms in total. The zero-order valence-corrected chi connectivity index (χ0v) is 8.15. The van der Waals surface area contributed by atoms with Crippen LogP contribution >= 0.6 is 0 Å². The lowest BCUT2D eigenvalue weighted by molar-refractivity contribution is 0.462. The van der Waals surface area contributed by atoms with Crippen molar-refractivity contribution in [3.63, 3.8) is 0 Å². The van der Waals surface area contributed by atoms with Gasteiger partial charge in [0.2, 0.25) is 0 Å². The van der Waals surface area contributed by atoms with Crippen LogP contribution in [0.25, 0.3) is 0 Å². The third-order valence-corrected chi connectivity index (χ3v) is 1.72. The Hall–Kier alpha value is -0.920. The van der Waals surface area contributed by atoms with E-state index in [-0.39, 0.29) is 5.54 Å². The predicted octanol–water partition coefficient (Wildman–Crippen LogP) is 1.89. The van der Waals surface area contributed by atoms with Crippen LogP contribution in [0.15, 0.2) is 23.5 Å². The first-order valence-electron chi connectivity index (χ1n) is 4.41. The van der Waals surface area contributed by atoms with E-state index in [1.807, 2.05) is 6.08 Å². The highest BCUT2D eigenvalue weighted by atomic mass is 15.0. The number of hydrogen-bond acceptors (Lipinski definition) is 2. The van der Waals surface area contributed by atoms with Gasteiger partial charge in [0.15, 0.2) is 0 Å². The second-order valence-corrected chi connectivity index (χ2v) is 4.31. The maximum Gasteiger partial charge on any atom is 0.0286 e. The van der Waals surface area contributed by atoms with Crippen molar-refractivity contribution in [1.29, 1.82) is 0 Å². The number of hydrogen-bond donors (Lipinski definition) is 2. The summed E-state index contributed by atoms with van der Waals surface area (Å²) in [6.07, 6.45) is 6.08. The molecule has 0 radical (unpaired) electrons. The number of rotatable bonds is 1. The Morgan fingerprint density at radius 1 is 1.25 bits per heavy atom. The summed E-state index contributed by atoms with van der Waals surface area (Å²) in [6.45, 7) is 6.49. The third kappa shape index (κ3) is 2.99. The quantitative estimate of drug-likeness (QED) is 0.624. The fourth-order valence-electron chi connectivity index (χ4n) is 1.24. The van der Waals surface area contributed by atoms with Gasteiger partial charge >= 0.3 is 0 Å². The lowest BCUT2D eigenvalue weighted by Gasteiger charge is -2.25. The van der Waals surface area contributed by atoms with E-state index >= 15 is 0 Å². The molecular formula is C10H18N2. The molecule has 12 heavy (non-hydrogen) atoms. The van der Waals surface area contributed by atoms with Gasteiger partial charge in [-0.3, -0.25) is 0 Å². The second-order valence-electron chi connectivity index (χ2n) is 4.31. The topological polar surface area (TPSA) is 38.0 Å². The largest absolute Gasteiger partial charge is 0.402 e. The minimum absolute atomic E-state index is 0.159. The molecule has 3 N–H and O–H groups in total. The SMILES string of the molecule is CC(C)(C)NC1=CC=C(N)CC1. The van der Waals surface area contributed by atoms with E-state index in [1.165, 1.54) is 5.70 Å². The Kier molecular flexibility index (Phi) is 2.46. The Morgan fingerprint density at radius 3 is 2.33 bits per heavy atom. The fourth-order valence-corrected chi connectivity index (χ4v) is 1.24. The summed E-state index contributed by atoms with van der Waals surface area (Å²) in [5.41, 5.74) is 8.08. The van der Waals surface area contributed by atoms with Crippen molar-refractivity contribution >= 4 is 0 Å². The Bertz CT molecular complexity index is 218. The van der Waals surface area contributed by atoms with Gasteiger partial charge in [-0.05, 0) is 45.8 Å². The molecule has 0 aromatic rings. The number of nitrogens with two attached hydrogens (primary N) is 1. The molecule has 0 aliphatic heterocycles. The van der Waals surface area contributed by atoms with Gasteiger partial charge in [-0.25, -0.2) is 0 Å². The van der Waals surface area contributed by atoms with E-state index in [9.17, 15) is 0 Å². The maximum atomic E-state index is 5.65. The molecule has 0 amide bonds. The number of allylic oxidation sites excluding steroid dienone is 4. The Morgan fingerprint density at radius 2 is 1.92 bits per heavy atom. The van der Waals surface area contributed by atoms with Crippen molar-refractivity contribution in [2.75, 3.05) is 0 Å². The smallest absolute Gasteiger partial charge is 0.0286 e. The first-order chi connectivity index (χ1) is 5.47. The predicted molar refractivity (Wildman–Crippen MR) is 52.5 cm³/mol. The molecule has 0 bridgehead atoms. The van der Waals surface area contributed by atoms with Crippen LogP contribution in [0.4, 0.5) is 0 Å². The second kappa shape index (κ2) is 3.21. The van der Waals surface area contributed by atoms with Gasteiger partial charge in [-0.2, -0.15) is 0 Å². The molecule has 1 rings (SSSR count). The van der Waals surface area contributed by atoms with Gasteiger partial charge in [0.05, 0.1) is 0 Å². The van der Waals surface area contributed by atoms with Crippen LogP contribution in [0.3, 0.4) is 0 Å². The van der Waals surface area contributed by atoms with Crippen LogP contribution < -0.4 is 11.1 Å². The molecule has 0 aromatic carbocycles. The monoisotopic (exact) mass is 166 g/mol. The van der Waals surface area contributed by atoms with E-state index in [4.69, 9.17) is 5.73 Å². The van der Waals surface area contributed by atoms with Crippen LogP contribution in [-0.4, -0.2) is 5.54 Å². The minimum atomic E-state index is 0.159. The van der Waals surface area contributed by atoms with Gasteiger partial charge in [-0.15, -0.1) is 0 Å². The van der Waals surface area contributed by atoms with Crippen LogP contribution in [0, 0.1) is 0 Å². The van der Waals surface area contributed by atoms with E-state index in [2.05, 4.69) is 32.2 Å². The standard InChI is InChI=1S/C10H18N2/c1-10(2,3)12-9-6-4-8(11)5-7-9/h4,6,12H,5,7,11H2,1-3H3. The van der Waals surface area contributed by atoms with Gasteiger partial charge < -0.3 is 11.1 Å². The summed E-state index contributed by atoms with van der Waals surface area (Å²) >= 11 is 0. The van der Waals surface area contributed by atoms with Crippen molar-refractivity contribution in [3.8, 4) is 0 Å². The molecule has 0 unspecified atom stereocenters. The lowest BCUT2D eigenvalue weighted by atomic mass is 10.0. The summed E-state index contributed by atoms with van der Waals surface area (Å²) in [4.78, 5) is 0.